The van der Waals surface area contributed by atoms with Crippen molar-refractivity contribution < 1.29 is 19.1 Å². The van der Waals surface area contributed by atoms with E-state index >= 15 is 0 Å². The predicted molar refractivity (Wildman–Crippen MR) is 367 cm³/mol. The second-order valence-electron chi connectivity index (χ2n) is 30.8. The van der Waals surface area contributed by atoms with Gasteiger partial charge in [0, 0.05) is 23.7 Å². The summed E-state index contributed by atoms with van der Waals surface area (Å²) in [6, 6.07) is 18.4. The van der Waals surface area contributed by atoms with E-state index in [2.05, 4.69) is 60.7 Å². The normalized spacial score (nSPS) is 21.2. The molecule has 0 heterocycles. The standard InChI is InChI=1S/C86H24O4/c1-89-23(87)11-15-3-7-17(8-4-15)19-13-21-27-31-25(19)33-45-51-35(27)43-37-29(21)39-49-41(31)57-47(33)66-79-64(45)81-70(51)77-59(43)76-60-44-36-28-22-14-20(18-9-5-16(6-10-18)12-24(88)90-2)26-32(28)42-50-40-30(22)38(44)54-62-56(40)73-69(50)85-75-58(42)48-34(26)46-52(36)71(78(60)77)82(81)65(46)80(79)67(48)83(66)86(75)74(57)84(85)68(49)72(73)55(39)61(62)53(37)63(54)76/h3-10,13-14,21-22,25-26H,11-12H2,1-2H3/t21-,22+,25-,26+. The number of ether oxygens (including phenoxy) is 2. The Morgan fingerprint density at radius 3 is 0.722 bits per heavy atom. The Balaban J connectivity index is 0.964. The molecule has 4 nitrogen and oxygen atoms in total. The molecule has 0 aliphatic heterocycles. The zero-order valence-corrected chi connectivity index (χ0v) is 47.1. The number of rotatable bonds is 6. The van der Waals surface area contributed by atoms with Crippen LogP contribution in [0.4, 0.5) is 0 Å². The molecular weight excluding hydrogens is 1100 g/mol. The van der Waals surface area contributed by atoms with Crippen molar-refractivity contribution in [2.24, 2.45) is 0 Å². The first-order valence-electron chi connectivity index (χ1n) is 32.8. The third-order valence-electron chi connectivity index (χ3n) is 29.3. The summed E-state index contributed by atoms with van der Waals surface area (Å²) in [6.07, 6.45) is 6.24. The van der Waals surface area contributed by atoms with E-state index in [1.165, 1.54) is 36.5 Å². The fourth-order valence-corrected chi connectivity index (χ4v) is 27.9. The minimum absolute atomic E-state index is 0.0140. The number of fused-ring (bicyclic) bond motifs is 22. The van der Waals surface area contributed by atoms with Crippen LogP contribution in [0.15, 0.2) is 60.7 Å². The molecule has 0 bridgehead atoms. The Labute approximate surface area is 496 Å². The first-order valence-corrected chi connectivity index (χ1v) is 32.8. The van der Waals surface area contributed by atoms with E-state index in [-0.39, 0.29) is 48.5 Å². The maximum atomic E-state index is 12.9. The molecule has 6 aliphatic rings. The zero-order chi connectivity index (χ0) is 55.5. The summed E-state index contributed by atoms with van der Waals surface area (Å²) in [4.78, 5) is 25.9. The van der Waals surface area contributed by atoms with Gasteiger partial charge < -0.3 is 9.47 Å². The SMILES string of the molecule is COC(=O)Cc1ccc(C2=C[C@@H]3C4=c5c6c7c8c9c%10c(c%11c%12c3c3c5c5c%13c%14c%15c%16c%17c%18c%19c%20c%21c%22c%23c%24c(c%15c%15c%25c%24c%24c%23c%23c%21c(c%10c%23c%11c%24c%12c%25c3c%15%13)c3c9c9c7c7c6c5c%14c%17c7c%18c9c%203)[C@H]3C=C(c5ccc(CC(=O)OC)cc5)[C@H]%19C=%22C=%163)=C4[C@@H]28)cc1. The van der Waals surface area contributed by atoms with E-state index in [0.29, 0.717) is 0 Å². The maximum absolute atomic E-state index is 12.9. The summed E-state index contributed by atoms with van der Waals surface area (Å²) in [5, 5.41) is 82.5. The average Bonchev–Trinajstić information content (AvgIpc) is 1.40. The molecule has 0 aromatic heterocycles. The Bertz CT molecular complexity index is 8380. The van der Waals surface area contributed by atoms with Crippen molar-refractivity contribution in [2.45, 2.75) is 36.5 Å². The van der Waals surface area contributed by atoms with Crippen LogP contribution in [0.5, 0.6) is 0 Å². The highest BCUT2D eigenvalue weighted by Gasteiger charge is 2.57. The quantitative estimate of drug-likeness (QED) is 0.123. The molecule has 0 spiro atoms. The summed E-state index contributed by atoms with van der Waals surface area (Å²) in [5.74, 6) is -0.251. The van der Waals surface area contributed by atoms with Crippen LogP contribution in [0.3, 0.4) is 0 Å². The van der Waals surface area contributed by atoms with E-state index in [1.807, 2.05) is 0 Å². The molecule has 6 aliphatic carbocycles. The van der Waals surface area contributed by atoms with Gasteiger partial charge in [0.25, 0.3) is 0 Å². The van der Waals surface area contributed by atoms with Crippen LogP contribution in [-0.2, 0) is 31.9 Å². The second-order valence-corrected chi connectivity index (χ2v) is 30.8. The number of methoxy groups -OCH3 is 2. The van der Waals surface area contributed by atoms with Gasteiger partial charge in [0.15, 0.2) is 0 Å². The van der Waals surface area contributed by atoms with E-state index < -0.39 is 0 Å². The molecule has 26 aromatic carbocycles. The fraction of sp³-hybridized carbons (Fsp3) is 0.0930. The Kier molecular flexibility index (Phi) is 4.04. The summed E-state index contributed by atoms with van der Waals surface area (Å²) in [5.41, 5.74) is 20.4. The highest BCUT2D eigenvalue weighted by atomic mass is 16.5. The number of hydrogen-bond donors (Lipinski definition) is 0. The molecule has 0 radical (unpaired) electrons. The van der Waals surface area contributed by atoms with Crippen LogP contribution in [0.25, 0.3) is 292 Å². The van der Waals surface area contributed by atoms with E-state index in [9.17, 15) is 9.59 Å². The second kappa shape index (κ2) is 9.66. The van der Waals surface area contributed by atoms with Crippen molar-refractivity contribution in [3.63, 3.8) is 0 Å². The lowest BCUT2D eigenvalue weighted by molar-refractivity contribution is -0.140. The summed E-state index contributed by atoms with van der Waals surface area (Å²) < 4.78 is 10.5. The highest BCUT2D eigenvalue weighted by Crippen LogP contribution is 2.78. The molecular formula is C86H24O4. The predicted octanol–water partition coefficient (Wildman–Crippen LogP) is 17.1. The number of allylic oxidation sites excluding steroid dienone is 4. The first-order chi connectivity index (χ1) is 44.6. The van der Waals surface area contributed by atoms with Gasteiger partial charge in [-0.1, -0.05) is 60.7 Å². The molecule has 4 atom stereocenters. The molecule has 0 fully saturated rings. The van der Waals surface area contributed by atoms with Gasteiger partial charge in [-0.25, -0.2) is 0 Å². The number of carbonyl (C=O) groups is 2. The summed E-state index contributed by atoms with van der Waals surface area (Å²) >= 11 is 0. The molecule has 0 saturated heterocycles. The smallest absolute Gasteiger partial charge is 0.309 e. The van der Waals surface area contributed by atoms with Gasteiger partial charge in [-0.05, 0) is 357 Å². The van der Waals surface area contributed by atoms with E-state index in [4.69, 9.17) is 9.47 Å². The molecule has 392 valence electrons. The van der Waals surface area contributed by atoms with Crippen molar-refractivity contribution in [3.05, 3.63) is 126 Å². The Morgan fingerprint density at radius 1 is 0.267 bits per heavy atom. The van der Waals surface area contributed by atoms with Crippen molar-refractivity contribution in [1.29, 1.82) is 0 Å². The molecule has 0 amide bonds. The minimum Gasteiger partial charge on any atom is -0.469 e. The van der Waals surface area contributed by atoms with Crippen LogP contribution in [-0.4, -0.2) is 26.2 Å². The fourth-order valence-electron chi connectivity index (χ4n) is 27.9. The lowest BCUT2D eigenvalue weighted by atomic mass is 9.63. The number of esters is 2. The van der Waals surface area contributed by atoms with Gasteiger partial charge >= 0.3 is 11.9 Å². The van der Waals surface area contributed by atoms with Crippen molar-refractivity contribution >= 4 is 304 Å². The highest BCUT2D eigenvalue weighted by molar-refractivity contribution is 6.76. The van der Waals surface area contributed by atoms with Gasteiger partial charge in [0.1, 0.15) is 0 Å². The lowest BCUT2D eigenvalue weighted by Crippen LogP contribution is -2.28. The molecule has 0 N–H and O–H groups in total. The molecule has 4 heteroatoms. The molecule has 0 unspecified atom stereocenters. The third-order valence-corrected chi connectivity index (χ3v) is 29.3. The minimum atomic E-state index is -0.199. The van der Waals surface area contributed by atoms with Gasteiger partial charge in [-0.2, -0.15) is 0 Å². The van der Waals surface area contributed by atoms with Crippen molar-refractivity contribution in [3.8, 4) is 0 Å². The first kappa shape index (κ1) is 37.7. The van der Waals surface area contributed by atoms with Crippen molar-refractivity contribution in [1.82, 2.24) is 0 Å². The lowest BCUT2D eigenvalue weighted by Gasteiger charge is -2.39. The number of benzene rings is 18. The maximum Gasteiger partial charge on any atom is 0.309 e. The van der Waals surface area contributed by atoms with Crippen LogP contribution in [0.2, 0.25) is 0 Å². The van der Waals surface area contributed by atoms with Gasteiger partial charge in [0.05, 0.1) is 27.1 Å². The van der Waals surface area contributed by atoms with Crippen LogP contribution < -0.4 is 20.9 Å². The van der Waals surface area contributed by atoms with Gasteiger partial charge in [-0.3, -0.25) is 9.59 Å². The van der Waals surface area contributed by atoms with Gasteiger partial charge in [0.2, 0.25) is 0 Å². The largest absolute Gasteiger partial charge is 0.469 e. The Morgan fingerprint density at radius 2 is 0.478 bits per heavy atom. The number of carbonyl (C=O) groups excluding carboxylic acids is 2. The van der Waals surface area contributed by atoms with Crippen LogP contribution in [0.1, 0.15) is 68.2 Å². The third kappa shape index (κ3) is 2.51. The van der Waals surface area contributed by atoms with E-state index in [0.717, 1.165) is 11.1 Å². The summed E-state index contributed by atoms with van der Waals surface area (Å²) in [6.45, 7) is 0. The monoisotopic (exact) mass is 1120 g/mol. The molecule has 0 saturated carbocycles. The number of hydrogen-bond acceptors (Lipinski definition) is 4. The summed E-state index contributed by atoms with van der Waals surface area (Å²) in [7, 11) is 3.01. The van der Waals surface area contributed by atoms with Crippen molar-refractivity contribution in [2.75, 3.05) is 14.2 Å². The van der Waals surface area contributed by atoms with Gasteiger partial charge in [-0.15, -0.1) is 0 Å². The average molecular weight is 1120 g/mol. The Hall–Kier alpha value is -10.9. The topological polar surface area (TPSA) is 52.6 Å². The molecule has 26 aromatic rings. The molecule has 90 heavy (non-hydrogen) atoms. The van der Waals surface area contributed by atoms with Crippen LogP contribution in [0, 0.1) is 0 Å². The zero-order valence-electron chi connectivity index (χ0n) is 47.1. The van der Waals surface area contributed by atoms with Crippen LogP contribution >= 0.6 is 0 Å². The molecule has 32 rings (SSSR count). The van der Waals surface area contributed by atoms with E-state index in [1.54, 1.807) is 324 Å².